The predicted molar refractivity (Wildman–Crippen MR) is 117 cm³/mol. The van der Waals surface area contributed by atoms with E-state index in [2.05, 4.69) is 0 Å². The summed E-state index contributed by atoms with van der Waals surface area (Å²) >= 11 is 0. The Bertz CT molecular complexity index is 940. The van der Waals surface area contributed by atoms with Crippen LogP contribution < -0.4 is 4.74 Å². The molecule has 2 rings (SSSR count). The zero-order valence-corrected chi connectivity index (χ0v) is 19.4. The maximum atomic E-state index is 12.9. The fourth-order valence-electron chi connectivity index (χ4n) is 3.03. The van der Waals surface area contributed by atoms with E-state index in [4.69, 9.17) is 18.9 Å². The monoisotopic (exact) mass is 476 g/mol. The summed E-state index contributed by atoms with van der Waals surface area (Å²) in [5, 5.41) is 0. The number of imide groups is 1. The van der Waals surface area contributed by atoms with E-state index in [0.717, 1.165) is 15.4 Å². The molecule has 0 aromatic heterocycles. The van der Waals surface area contributed by atoms with E-state index in [9.17, 15) is 24.0 Å². The van der Waals surface area contributed by atoms with Crippen molar-refractivity contribution in [2.45, 2.75) is 27.2 Å². The Morgan fingerprint density at radius 1 is 0.794 bits per heavy atom. The number of allylic oxidation sites excluding steroid dienone is 1. The number of esters is 3. The third kappa shape index (κ3) is 7.32. The SMILES string of the molecule is CCOC(=O)COc1ccc(C/C=C2/C(=O)N(CC(=O)OCC)C(=O)N2CC(=O)OCC)cc1. The number of urea groups is 1. The third-order valence-corrected chi connectivity index (χ3v) is 4.52. The molecule has 1 heterocycles. The molecule has 0 N–H and O–H groups in total. The Hall–Kier alpha value is -3.89. The largest absolute Gasteiger partial charge is 0.482 e. The van der Waals surface area contributed by atoms with Gasteiger partial charge < -0.3 is 18.9 Å². The van der Waals surface area contributed by atoms with Crippen LogP contribution in [-0.4, -0.2) is 79.2 Å². The van der Waals surface area contributed by atoms with Gasteiger partial charge in [0.05, 0.1) is 19.8 Å². The van der Waals surface area contributed by atoms with Crippen LogP contribution in [0.15, 0.2) is 36.0 Å². The summed E-state index contributed by atoms with van der Waals surface area (Å²) in [7, 11) is 0. The number of rotatable bonds is 12. The summed E-state index contributed by atoms with van der Waals surface area (Å²) in [6.07, 6.45) is 1.75. The summed E-state index contributed by atoms with van der Waals surface area (Å²) in [6.45, 7) is 4.17. The van der Waals surface area contributed by atoms with Crippen LogP contribution in [0.3, 0.4) is 0 Å². The highest BCUT2D eigenvalue weighted by atomic mass is 16.6. The molecule has 1 aliphatic rings. The molecule has 0 spiro atoms. The second kappa shape index (κ2) is 13.0. The van der Waals surface area contributed by atoms with Gasteiger partial charge in [-0.15, -0.1) is 0 Å². The number of carbonyl (C=O) groups is 5. The van der Waals surface area contributed by atoms with Crippen LogP contribution in [0.4, 0.5) is 4.79 Å². The maximum Gasteiger partial charge on any atom is 0.344 e. The van der Waals surface area contributed by atoms with Crippen molar-refractivity contribution in [1.82, 2.24) is 9.80 Å². The Morgan fingerprint density at radius 3 is 1.88 bits per heavy atom. The van der Waals surface area contributed by atoms with Crippen molar-refractivity contribution in [3.05, 3.63) is 41.6 Å². The average molecular weight is 476 g/mol. The highest BCUT2D eigenvalue weighted by molar-refractivity contribution is 6.13. The first kappa shape index (κ1) is 26.4. The number of amides is 3. The molecule has 34 heavy (non-hydrogen) atoms. The lowest BCUT2D eigenvalue weighted by atomic mass is 10.1. The quantitative estimate of drug-likeness (QED) is 0.190. The molecule has 11 nitrogen and oxygen atoms in total. The van der Waals surface area contributed by atoms with Crippen molar-refractivity contribution in [3.63, 3.8) is 0 Å². The Labute approximate surface area is 197 Å². The lowest BCUT2D eigenvalue weighted by Gasteiger charge is -2.16. The van der Waals surface area contributed by atoms with Crippen LogP contribution in [0.25, 0.3) is 0 Å². The molecular weight excluding hydrogens is 448 g/mol. The minimum Gasteiger partial charge on any atom is -0.482 e. The molecule has 1 aliphatic heterocycles. The molecule has 0 unspecified atom stereocenters. The number of hydrogen-bond acceptors (Lipinski definition) is 9. The van der Waals surface area contributed by atoms with Crippen LogP contribution in [0.5, 0.6) is 5.75 Å². The van der Waals surface area contributed by atoms with Gasteiger partial charge in [-0.25, -0.2) is 14.5 Å². The minimum atomic E-state index is -0.805. The Morgan fingerprint density at radius 2 is 1.32 bits per heavy atom. The standard InChI is InChI=1S/C23H28N2O9/c1-4-31-19(26)13-24-18(22(29)25(23(24)30)14-20(27)32-5-2)12-9-16-7-10-17(11-8-16)34-15-21(28)33-6-3/h7-8,10-12H,4-6,9,13-15H2,1-3H3/b18-12-. The van der Waals surface area contributed by atoms with E-state index in [-0.39, 0.29) is 38.5 Å². The number of nitrogens with zero attached hydrogens (tertiary/aromatic N) is 2. The first-order chi connectivity index (χ1) is 16.3. The van der Waals surface area contributed by atoms with Crippen molar-refractivity contribution in [1.29, 1.82) is 0 Å². The van der Waals surface area contributed by atoms with Gasteiger partial charge in [0.15, 0.2) is 6.61 Å². The molecule has 1 fully saturated rings. The number of ether oxygens (including phenoxy) is 4. The molecule has 0 aliphatic carbocycles. The number of hydrogen-bond donors (Lipinski definition) is 0. The van der Waals surface area contributed by atoms with E-state index in [0.29, 0.717) is 5.75 Å². The highest BCUT2D eigenvalue weighted by Crippen LogP contribution is 2.22. The van der Waals surface area contributed by atoms with Crippen LogP contribution in [0, 0.1) is 0 Å². The summed E-state index contributed by atoms with van der Waals surface area (Å²) in [6, 6.07) is 5.95. The van der Waals surface area contributed by atoms with Crippen molar-refractivity contribution in [3.8, 4) is 5.75 Å². The smallest absolute Gasteiger partial charge is 0.344 e. The fourth-order valence-corrected chi connectivity index (χ4v) is 3.03. The molecular formula is C23H28N2O9. The summed E-state index contributed by atoms with van der Waals surface area (Å²) in [4.78, 5) is 62.5. The molecule has 184 valence electrons. The molecule has 1 saturated heterocycles. The Balaban J connectivity index is 2.14. The second-order valence-corrected chi connectivity index (χ2v) is 6.90. The molecule has 11 heteroatoms. The first-order valence-corrected chi connectivity index (χ1v) is 10.8. The van der Waals surface area contributed by atoms with Crippen LogP contribution >= 0.6 is 0 Å². The lowest BCUT2D eigenvalue weighted by molar-refractivity contribution is -0.146. The second-order valence-electron chi connectivity index (χ2n) is 6.90. The molecule has 3 amide bonds. The average Bonchev–Trinajstić information content (AvgIpc) is 3.01. The van der Waals surface area contributed by atoms with Gasteiger partial charge in [-0.1, -0.05) is 18.2 Å². The number of benzene rings is 1. The first-order valence-electron chi connectivity index (χ1n) is 10.8. The maximum absolute atomic E-state index is 12.9. The van der Waals surface area contributed by atoms with E-state index in [1.165, 1.54) is 6.08 Å². The van der Waals surface area contributed by atoms with Gasteiger partial charge in [-0.2, -0.15) is 0 Å². The topological polar surface area (TPSA) is 129 Å². The minimum absolute atomic E-state index is 0.0370. The van der Waals surface area contributed by atoms with Gasteiger partial charge in [-0.05, 0) is 44.9 Å². The van der Waals surface area contributed by atoms with E-state index < -0.39 is 42.9 Å². The number of carbonyl (C=O) groups excluding carboxylic acids is 5. The van der Waals surface area contributed by atoms with Crippen molar-refractivity contribution in [2.24, 2.45) is 0 Å². The van der Waals surface area contributed by atoms with Crippen molar-refractivity contribution >= 4 is 29.8 Å². The molecule has 0 atom stereocenters. The molecule has 1 aromatic carbocycles. The van der Waals surface area contributed by atoms with E-state index in [1.807, 2.05) is 0 Å². The zero-order chi connectivity index (χ0) is 25.1. The molecule has 0 radical (unpaired) electrons. The summed E-state index contributed by atoms with van der Waals surface area (Å²) in [5.41, 5.74) is 0.737. The molecule has 0 bridgehead atoms. The normalized spacial score (nSPS) is 14.4. The van der Waals surface area contributed by atoms with Crippen LogP contribution in [-0.2, 0) is 39.8 Å². The fraction of sp³-hybridized carbons (Fsp3) is 0.435. The predicted octanol–water partition coefficient (Wildman–Crippen LogP) is 1.45. The lowest BCUT2D eigenvalue weighted by Crippen LogP contribution is -2.39. The van der Waals surface area contributed by atoms with Gasteiger partial charge >= 0.3 is 23.9 Å². The van der Waals surface area contributed by atoms with Gasteiger partial charge in [-0.3, -0.25) is 19.3 Å². The van der Waals surface area contributed by atoms with Gasteiger partial charge in [0.2, 0.25) is 0 Å². The molecule has 1 aromatic rings. The highest BCUT2D eigenvalue weighted by Gasteiger charge is 2.43. The Kier molecular flexibility index (Phi) is 10.1. The van der Waals surface area contributed by atoms with Gasteiger partial charge in [0.25, 0.3) is 5.91 Å². The van der Waals surface area contributed by atoms with Crippen molar-refractivity contribution < 1.29 is 42.9 Å². The summed E-state index contributed by atoms with van der Waals surface area (Å²) in [5.74, 6) is -2.15. The van der Waals surface area contributed by atoms with Gasteiger partial charge in [0.1, 0.15) is 24.5 Å². The summed E-state index contributed by atoms with van der Waals surface area (Å²) < 4.78 is 19.9. The van der Waals surface area contributed by atoms with Crippen molar-refractivity contribution in [2.75, 3.05) is 39.5 Å². The van der Waals surface area contributed by atoms with E-state index >= 15 is 0 Å². The zero-order valence-electron chi connectivity index (χ0n) is 19.4. The molecule has 0 saturated carbocycles. The van der Waals surface area contributed by atoms with E-state index in [1.54, 1.807) is 45.0 Å². The van der Waals surface area contributed by atoms with Gasteiger partial charge in [0, 0.05) is 0 Å². The third-order valence-electron chi connectivity index (χ3n) is 4.52. The van der Waals surface area contributed by atoms with Crippen LogP contribution in [0.1, 0.15) is 26.3 Å². The van der Waals surface area contributed by atoms with Crippen LogP contribution in [0.2, 0.25) is 0 Å².